The average Bonchev–Trinajstić information content (AvgIpc) is 2.42. The number of carbonyl (C=O) groups excluding carboxylic acids is 2. The fraction of sp³-hybridized carbons (Fsp3) is 0.467. The van der Waals surface area contributed by atoms with Crippen molar-refractivity contribution < 1.29 is 14.3 Å². The summed E-state index contributed by atoms with van der Waals surface area (Å²) in [5, 5.41) is 0. The van der Waals surface area contributed by atoms with Gasteiger partial charge in [0, 0.05) is 4.47 Å². The molecule has 0 spiro atoms. The summed E-state index contributed by atoms with van der Waals surface area (Å²) >= 11 is 6.92. The zero-order chi connectivity index (χ0) is 15.1. The Hall–Kier alpha value is -0.680. The second-order valence-electron chi connectivity index (χ2n) is 5.51. The van der Waals surface area contributed by atoms with Crippen molar-refractivity contribution in [2.24, 2.45) is 5.41 Å². The van der Waals surface area contributed by atoms with Crippen LogP contribution in [-0.2, 0) is 14.3 Å². The third-order valence-electron chi connectivity index (χ3n) is 3.78. The number of esters is 1. The highest BCUT2D eigenvalue weighted by Gasteiger charge is 2.58. The van der Waals surface area contributed by atoms with Crippen LogP contribution in [0, 0.1) is 5.41 Å². The molecule has 2 atom stereocenters. The highest BCUT2D eigenvalue weighted by atomic mass is 79.9. The third kappa shape index (κ3) is 2.35. The Labute approximate surface area is 135 Å². The SMILES string of the molecule is CCC1(Br)C(=O)C(C)(C)C(=O)OC1c1ccc(Br)cc1. The molecule has 1 fully saturated rings. The maximum absolute atomic E-state index is 12.7. The molecule has 0 amide bonds. The number of hydrogen-bond donors (Lipinski definition) is 0. The van der Waals surface area contributed by atoms with Crippen molar-refractivity contribution in [3.63, 3.8) is 0 Å². The molecule has 1 aromatic rings. The normalized spacial score (nSPS) is 29.1. The monoisotopic (exact) mass is 402 g/mol. The highest BCUT2D eigenvalue weighted by Crippen LogP contribution is 2.49. The van der Waals surface area contributed by atoms with Crippen LogP contribution in [0.4, 0.5) is 0 Å². The van der Waals surface area contributed by atoms with Gasteiger partial charge in [0.15, 0.2) is 5.78 Å². The first-order chi connectivity index (χ1) is 9.23. The number of ketones is 1. The van der Waals surface area contributed by atoms with Crippen LogP contribution in [0.1, 0.15) is 38.9 Å². The minimum absolute atomic E-state index is 0.128. The number of ether oxygens (including phenoxy) is 1. The zero-order valence-corrected chi connectivity index (χ0v) is 14.7. The molecule has 2 rings (SSSR count). The minimum Gasteiger partial charge on any atom is -0.455 e. The van der Waals surface area contributed by atoms with Gasteiger partial charge in [0.05, 0.1) is 0 Å². The summed E-state index contributed by atoms with van der Waals surface area (Å²) < 4.78 is 5.64. The summed E-state index contributed by atoms with van der Waals surface area (Å²) in [6.45, 7) is 5.13. The van der Waals surface area contributed by atoms with Crippen LogP contribution < -0.4 is 0 Å². The molecule has 20 heavy (non-hydrogen) atoms. The molecule has 1 heterocycles. The molecule has 1 saturated heterocycles. The molecule has 0 aromatic heterocycles. The van der Waals surface area contributed by atoms with Crippen molar-refractivity contribution in [3.8, 4) is 0 Å². The Morgan fingerprint density at radius 2 is 1.75 bits per heavy atom. The van der Waals surface area contributed by atoms with E-state index in [1.165, 1.54) is 0 Å². The zero-order valence-electron chi connectivity index (χ0n) is 11.6. The lowest BCUT2D eigenvalue weighted by Gasteiger charge is -2.43. The number of benzene rings is 1. The molecule has 1 aromatic carbocycles. The smallest absolute Gasteiger partial charge is 0.319 e. The van der Waals surface area contributed by atoms with Gasteiger partial charge in [0.2, 0.25) is 0 Å². The molecule has 1 aliphatic heterocycles. The first-order valence-corrected chi connectivity index (χ1v) is 8.02. The molecule has 108 valence electrons. The van der Waals surface area contributed by atoms with Gasteiger partial charge in [0.1, 0.15) is 15.8 Å². The summed E-state index contributed by atoms with van der Waals surface area (Å²) in [5.74, 6) is -0.601. The van der Waals surface area contributed by atoms with E-state index in [0.717, 1.165) is 10.0 Å². The number of rotatable bonds is 2. The predicted octanol–water partition coefficient (Wildman–Crippen LogP) is 4.19. The standard InChI is InChI=1S/C15H16Br2O3/c1-4-15(17)11(9-5-7-10(16)8-6-9)20-13(19)14(2,3)12(15)18/h5-8,11H,4H2,1-3H3. The van der Waals surface area contributed by atoms with Gasteiger partial charge in [-0.1, -0.05) is 50.9 Å². The Morgan fingerprint density at radius 3 is 2.25 bits per heavy atom. The van der Waals surface area contributed by atoms with E-state index in [1.54, 1.807) is 13.8 Å². The number of alkyl halides is 1. The number of cyclic esters (lactones) is 1. The summed E-state index contributed by atoms with van der Waals surface area (Å²) in [5.41, 5.74) is -0.310. The van der Waals surface area contributed by atoms with E-state index in [0.29, 0.717) is 6.42 Å². The topological polar surface area (TPSA) is 43.4 Å². The largest absolute Gasteiger partial charge is 0.455 e. The van der Waals surface area contributed by atoms with Crippen LogP contribution in [0.3, 0.4) is 0 Å². The van der Waals surface area contributed by atoms with Gasteiger partial charge in [-0.15, -0.1) is 0 Å². The highest BCUT2D eigenvalue weighted by molar-refractivity contribution is 9.10. The van der Waals surface area contributed by atoms with Crippen molar-refractivity contribution in [1.29, 1.82) is 0 Å². The van der Waals surface area contributed by atoms with Crippen molar-refractivity contribution in [2.45, 2.75) is 37.6 Å². The second-order valence-corrected chi connectivity index (χ2v) is 7.84. The van der Waals surface area contributed by atoms with Crippen LogP contribution in [-0.4, -0.2) is 16.1 Å². The molecule has 3 nitrogen and oxygen atoms in total. The fourth-order valence-electron chi connectivity index (χ4n) is 2.39. The Balaban J connectivity index is 2.49. The number of carbonyl (C=O) groups is 2. The molecule has 0 saturated carbocycles. The maximum atomic E-state index is 12.7. The van der Waals surface area contributed by atoms with Crippen molar-refractivity contribution in [1.82, 2.24) is 0 Å². The first-order valence-electron chi connectivity index (χ1n) is 6.44. The first kappa shape index (κ1) is 15.7. The van der Waals surface area contributed by atoms with Crippen LogP contribution >= 0.6 is 31.9 Å². The van der Waals surface area contributed by atoms with Crippen molar-refractivity contribution in [3.05, 3.63) is 34.3 Å². The van der Waals surface area contributed by atoms with E-state index in [2.05, 4.69) is 31.9 Å². The molecular formula is C15H16Br2O3. The quantitative estimate of drug-likeness (QED) is 0.422. The molecule has 2 unspecified atom stereocenters. The molecule has 1 aliphatic rings. The van der Waals surface area contributed by atoms with Gasteiger partial charge < -0.3 is 4.74 Å². The van der Waals surface area contributed by atoms with Crippen molar-refractivity contribution in [2.75, 3.05) is 0 Å². The third-order valence-corrected chi connectivity index (χ3v) is 5.65. The van der Waals surface area contributed by atoms with Crippen LogP contribution in [0.2, 0.25) is 0 Å². The van der Waals surface area contributed by atoms with Gasteiger partial charge in [-0.3, -0.25) is 9.59 Å². The lowest BCUT2D eigenvalue weighted by molar-refractivity contribution is -0.176. The van der Waals surface area contributed by atoms with Crippen LogP contribution in [0.25, 0.3) is 0 Å². The fourth-order valence-corrected chi connectivity index (χ4v) is 3.51. The summed E-state index contributed by atoms with van der Waals surface area (Å²) in [6.07, 6.45) is -0.0582. The molecule has 5 heteroatoms. The van der Waals surface area contributed by atoms with E-state index in [9.17, 15) is 9.59 Å². The number of hydrogen-bond acceptors (Lipinski definition) is 3. The van der Waals surface area contributed by atoms with E-state index in [1.807, 2.05) is 31.2 Å². The predicted molar refractivity (Wildman–Crippen MR) is 83.7 cm³/mol. The van der Waals surface area contributed by atoms with Crippen molar-refractivity contribution >= 4 is 43.6 Å². The lowest BCUT2D eigenvalue weighted by Crippen LogP contribution is -2.55. The van der Waals surface area contributed by atoms with Crippen LogP contribution in [0.15, 0.2) is 28.7 Å². The van der Waals surface area contributed by atoms with E-state index in [4.69, 9.17) is 4.74 Å². The van der Waals surface area contributed by atoms with Crippen LogP contribution in [0.5, 0.6) is 0 Å². The van der Waals surface area contributed by atoms with Gasteiger partial charge in [-0.25, -0.2) is 0 Å². The van der Waals surface area contributed by atoms with Gasteiger partial charge in [-0.05, 0) is 38.0 Å². The molecule has 0 bridgehead atoms. The summed E-state index contributed by atoms with van der Waals surface area (Å²) in [4.78, 5) is 24.8. The Bertz CT molecular complexity index is 551. The molecule has 0 aliphatic carbocycles. The summed E-state index contributed by atoms with van der Waals surface area (Å²) in [7, 11) is 0. The molecule has 0 N–H and O–H groups in total. The second kappa shape index (κ2) is 5.26. The number of halogens is 2. The average molecular weight is 404 g/mol. The summed E-state index contributed by atoms with van der Waals surface area (Å²) in [6, 6.07) is 7.46. The Kier molecular flexibility index (Phi) is 4.13. The van der Waals surface area contributed by atoms with E-state index >= 15 is 0 Å². The minimum atomic E-state index is -1.12. The van der Waals surface area contributed by atoms with E-state index < -0.39 is 21.8 Å². The van der Waals surface area contributed by atoms with Gasteiger partial charge >= 0.3 is 5.97 Å². The number of Topliss-reactive ketones (excluding diaryl/α,β-unsaturated/α-hetero) is 1. The lowest BCUT2D eigenvalue weighted by atomic mass is 9.74. The van der Waals surface area contributed by atoms with E-state index in [-0.39, 0.29) is 5.78 Å². The van der Waals surface area contributed by atoms with Gasteiger partial charge in [-0.2, -0.15) is 0 Å². The maximum Gasteiger partial charge on any atom is 0.319 e. The van der Waals surface area contributed by atoms with Gasteiger partial charge in [0.25, 0.3) is 0 Å². The Morgan fingerprint density at radius 1 is 1.20 bits per heavy atom. The molecular weight excluding hydrogens is 388 g/mol. The molecule has 0 radical (unpaired) electrons.